The topological polar surface area (TPSA) is 71.2 Å². The Bertz CT molecular complexity index is 373. The van der Waals surface area contributed by atoms with Crippen molar-refractivity contribution >= 4 is 11.5 Å². The highest BCUT2D eigenvalue weighted by molar-refractivity contribution is 5.50. The molecule has 4 heteroatoms. The first kappa shape index (κ1) is 12.2. The Morgan fingerprint density at radius 3 is 2.76 bits per heavy atom. The predicted molar refractivity (Wildman–Crippen MR) is 69.8 cm³/mol. The zero-order chi connectivity index (χ0) is 12.3. The van der Waals surface area contributed by atoms with Gasteiger partial charge in [0, 0.05) is 6.54 Å². The number of nitrogens with one attached hydrogen (secondary N) is 1. The van der Waals surface area contributed by atoms with Crippen molar-refractivity contribution in [2.24, 2.45) is 5.92 Å². The van der Waals surface area contributed by atoms with Gasteiger partial charge in [-0.25, -0.2) is 4.98 Å². The minimum atomic E-state index is -0.0809. The molecule has 1 aromatic rings. The molecule has 0 saturated heterocycles. The van der Waals surface area contributed by atoms with E-state index in [1.165, 1.54) is 0 Å². The van der Waals surface area contributed by atoms with Gasteiger partial charge < -0.3 is 16.2 Å². The summed E-state index contributed by atoms with van der Waals surface area (Å²) in [4.78, 5) is 4.29. The van der Waals surface area contributed by atoms with Crippen LogP contribution in [0, 0.1) is 12.8 Å². The van der Waals surface area contributed by atoms with Crippen LogP contribution in [0.25, 0.3) is 0 Å². The monoisotopic (exact) mass is 235 g/mol. The van der Waals surface area contributed by atoms with Gasteiger partial charge in [0.1, 0.15) is 5.82 Å². The molecule has 94 valence electrons. The number of aromatic nitrogens is 1. The van der Waals surface area contributed by atoms with E-state index in [1.807, 2.05) is 13.0 Å². The molecule has 0 atom stereocenters. The van der Waals surface area contributed by atoms with Gasteiger partial charge in [-0.05, 0) is 50.2 Å². The largest absolute Gasteiger partial charge is 0.397 e. The molecule has 1 heterocycles. The number of aliphatic hydroxyl groups is 1. The highest BCUT2D eigenvalue weighted by atomic mass is 16.3. The third kappa shape index (κ3) is 3.33. The van der Waals surface area contributed by atoms with E-state index in [0.717, 1.165) is 43.6 Å². The zero-order valence-electron chi connectivity index (χ0n) is 10.3. The third-order valence-electron chi connectivity index (χ3n) is 3.47. The van der Waals surface area contributed by atoms with E-state index >= 15 is 0 Å². The number of rotatable bonds is 3. The standard InChI is InChI=1S/C13H21N3O/c1-9-6-11(14)8-16-13(9)15-7-10-2-4-12(17)5-3-10/h6,8,10,12,17H,2-5,7,14H2,1H3,(H,15,16). The summed E-state index contributed by atoms with van der Waals surface area (Å²) in [5.74, 6) is 1.57. The number of nitrogens with two attached hydrogens (primary N) is 1. The molecular weight excluding hydrogens is 214 g/mol. The van der Waals surface area contributed by atoms with Gasteiger partial charge in [0.15, 0.2) is 0 Å². The molecule has 1 aliphatic rings. The van der Waals surface area contributed by atoms with E-state index in [9.17, 15) is 5.11 Å². The third-order valence-corrected chi connectivity index (χ3v) is 3.47. The van der Waals surface area contributed by atoms with Crippen LogP contribution in [-0.2, 0) is 0 Å². The molecule has 1 aromatic heterocycles. The average molecular weight is 235 g/mol. The van der Waals surface area contributed by atoms with Gasteiger partial charge in [0.25, 0.3) is 0 Å². The van der Waals surface area contributed by atoms with Crippen molar-refractivity contribution in [1.82, 2.24) is 4.98 Å². The molecule has 0 radical (unpaired) electrons. The molecule has 0 aromatic carbocycles. The van der Waals surface area contributed by atoms with Gasteiger partial charge in [-0.1, -0.05) is 0 Å². The van der Waals surface area contributed by atoms with Crippen LogP contribution >= 0.6 is 0 Å². The van der Waals surface area contributed by atoms with Gasteiger partial charge in [0.05, 0.1) is 18.0 Å². The van der Waals surface area contributed by atoms with Gasteiger partial charge >= 0.3 is 0 Å². The van der Waals surface area contributed by atoms with Crippen LogP contribution in [0.4, 0.5) is 11.5 Å². The quantitative estimate of drug-likeness (QED) is 0.748. The Morgan fingerprint density at radius 2 is 2.12 bits per heavy atom. The molecule has 1 fully saturated rings. The number of nitrogens with zero attached hydrogens (tertiary/aromatic N) is 1. The zero-order valence-corrected chi connectivity index (χ0v) is 10.3. The minimum absolute atomic E-state index is 0.0809. The average Bonchev–Trinajstić information content (AvgIpc) is 2.30. The second-order valence-corrected chi connectivity index (χ2v) is 4.99. The fraction of sp³-hybridized carbons (Fsp3) is 0.615. The molecule has 1 aliphatic carbocycles. The van der Waals surface area contributed by atoms with E-state index in [4.69, 9.17) is 5.73 Å². The lowest BCUT2D eigenvalue weighted by atomic mass is 9.87. The van der Waals surface area contributed by atoms with Crippen LogP contribution in [0.15, 0.2) is 12.3 Å². The van der Waals surface area contributed by atoms with Crippen molar-refractivity contribution in [2.75, 3.05) is 17.6 Å². The maximum absolute atomic E-state index is 9.44. The summed E-state index contributed by atoms with van der Waals surface area (Å²) in [6, 6.07) is 1.93. The summed E-state index contributed by atoms with van der Waals surface area (Å²) in [6.45, 7) is 2.95. The smallest absolute Gasteiger partial charge is 0.129 e. The second-order valence-electron chi connectivity index (χ2n) is 4.99. The Balaban J connectivity index is 1.85. The van der Waals surface area contributed by atoms with Gasteiger partial charge in [-0.3, -0.25) is 0 Å². The molecular formula is C13H21N3O. The van der Waals surface area contributed by atoms with Crippen LogP contribution < -0.4 is 11.1 Å². The summed E-state index contributed by atoms with van der Waals surface area (Å²) in [6.07, 6.45) is 5.66. The lowest BCUT2D eigenvalue weighted by molar-refractivity contribution is 0.111. The number of aliphatic hydroxyl groups excluding tert-OH is 1. The summed E-state index contributed by atoms with van der Waals surface area (Å²) < 4.78 is 0. The Labute approximate surface area is 102 Å². The summed E-state index contributed by atoms with van der Waals surface area (Å²) in [5, 5.41) is 12.8. The highest BCUT2D eigenvalue weighted by Gasteiger charge is 2.19. The summed E-state index contributed by atoms with van der Waals surface area (Å²) >= 11 is 0. The second kappa shape index (κ2) is 5.36. The summed E-state index contributed by atoms with van der Waals surface area (Å²) in [5.41, 5.74) is 7.45. The van der Waals surface area contributed by atoms with Crippen molar-refractivity contribution < 1.29 is 5.11 Å². The van der Waals surface area contributed by atoms with Crippen molar-refractivity contribution in [3.8, 4) is 0 Å². The fourth-order valence-electron chi connectivity index (χ4n) is 2.37. The van der Waals surface area contributed by atoms with E-state index in [0.29, 0.717) is 11.6 Å². The molecule has 0 amide bonds. The molecule has 2 rings (SSSR count). The number of hydrogen-bond acceptors (Lipinski definition) is 4. The predicted octanol–water partition coefficient (Wildman–Crippen LogP) is 1.94. The number of pyridine rings is 1. The number of aryl methyl sites for hydroxylation is 1. The first-order valence-corrected chi connectivity index (χ1v) is 6.29. The maximum atomic E-state index is 9.44. The Hall–Kier alpha value is -1.29. The highest BCUT2D eigenvalue weighted by Crippen LogP contribution is 2.24. The molecule has 0 aliphatic heterocycles. The van der Waals surface area contributed by atoms with Crippen molar-refractivity contribution in [3.05, 3.63) is 17.8 Å². The van der Waals surface area contributed by atoms with E-state index in [1.54, 1.807) is 6.20 Å². The Morgan fingerprint density at radius 1 is 1.41 bits per heavy atom. The van der Waals surface area contributed by atoms with Crippen LogP contribution in [0.3, 0.4) is 0 Å². The number of hydrogen-bond donors (Lipinski definition) is 3. The molecule has 17 heavy (non-hydrogen) atoms. The van der Waals surface area contributed by atoms with E-state index in [2.05, 4.69) is 10.3 Å². The lowest BCUT2D eigenvalue weighted by Gasteiger charge is -2.25. The molecule has 1 saturated carbocycles. The van der Waals surface area contributed by atoms with Crippen LogP contribution in [0.1, 0.15) is 31.2 Å². The van der Waals surface area contributed by atoms with Crippen molar-refractivity contribution in [2.45, 2.75) is 38.7 Å². The Kier molecular flexibility index (Phi) is 3.84. The van der Waals surface area contributed by atoms with Gasteiger partial charge in [-0.15, -0.1) is 0 Å². The minimum Gasteiger partial charge on any atom is -0.397 e. The first-order valence-electron chi connectivity index (χ1n) is 6.29. The molecule has 4 N–H and O–H groups in total. The number of anilines is 2. The molecule has 0 unspecified atom stereocenters. The van der Waals surface area contributed by atoms with Crippen LogP contribution in [0.2, 0.25) is 0 Å². The SMILES string of the molecule is Cc1cc(N)cnc1NCC1CCC(O)CC1. The maximum Gasteiger partial charge on any atom is 0.129 e. The van der Waals surface area contributed by atoms with E-state index in [-0.39, 0.29) is 6.10 Å². The van der Waals surface area contributed by atoms with Gasteiger partial charge in [-0.2, -0.15) is 0 Å². The van der Waals surface area contributed by atoms with Crippen molar-refractivity contribution in [3.63, 3.8) is 0 Å². The molecule has 0 bridgehead atoms. The van der Waals surface area contributed by atoms with Crippen LogP contribution in [-0.4, -0.2) is 22.7 Å². The lowest BCUT2D eigenvalue weighted by Crippen LogP contribution is -2.24. The van der Waals surface area contributed by atoms with Crippen LogP contribution in [0.5, 0.6) is 0 Å². The van der Waals surface area contributed by atoms with Gasteiger partial charge in [0.2, 0.25) is 0 Å². The fourth-order valence-corrected chi connectivity index (χ4v) is 2.37. The van der Waals surface area contributed by atoms with Crippen molar-refractivity contribution in [1.29, 1.82) is 0 Å². The first-order chi connectivity index (χ1) is 8.15. The normalized spacial score (nSPS) is 24.6. The van der Waals surface area contributed by atoms with E-state index < -0.39 is 0 Å². The molecule has 0 spiro atoms. The number of nitrogen functional groups attached to an aromatic ring is 1. The molecule has 4 nitrogen and oxygen atoms in total. The summed E-state index contributed by atoms with van der Waals surface area (Å²) in [7, 11) is 0.